The second kappa shape index (κ2) is 8.26. The molecule has 1 aromatic rings. The third-order valence-electron chi connectivity index (χ3n) is 5.74. The summed E-state index contributed by atoms with van der Waals surface area (Å²) in [4.78, 5) is 15.3. The normalized spacial score (nSPS) is 20.6. The summed E-state index contributed by atoms with van der Waals surface area (Å²) in [7, 11) is 0. The molecule has 1 aliphatic carbocycles. The monoisotopic (exact) mass is 412 g/mol. The van der Waals surface area contributed by atoms with Crippen molar-refractivity contribution in [3.8, 4) is 0 Å². The van der Waals surface area contributed by atoms with Crippen LogP contribution in [0.5, 0.6) is 0 Å². The topological polar surface area (TPSA) is 41.6 Å². The van der Waals surface area contributed by atoms with Crippen molar-refractivity contribution in [3.63, 3.8) is 0 Å². The molecule has 4 nitrogen and oxygen atoms in total. The van der Waals surface area contributed by atoms with Gasteiger partial charge in [-0.15, -0.1) is 0 Å². The zero-order valence-corrected chi connectivity index (χ0v) is 17.5. The molecule has 0 unspecified atom stereocenters. The number of rotatable bonds is 4. The van der Waals surface area contributed by atoms with Crippen molar-refractivity contribution in [2.24, 2.45) is 0 Å². The summed E-state index contributed by atoms with van der Waals surface area (Å²) < 4.78 is 46.7. The van der Waals surface area contributed by atoms with Gasteiger partial charge in [-0.3, -0.25) is 9.69 Å². The molecule has 0 spiro atoms. The summed E-state index contributed by atoms with van der Waals surface area (Å²) in [6.07, 6.45) is -1.79. The van der Waals surface area contributed by atoms with E-state index in [0.717, 1.165) is 45.1 Å². The third kappa shape index (κ3) is 5.31. The van der Waals surface area contributed by atoms with Gasteiger partial charge in [0.05, 0.1) is 11.0 Å². The summed E-state index contributed by atoms with van der Waals surface area (Å²) in [6.45, 7) is 9.05. The smallest absolute Gasteiger partial charge is 0.416 e. The molecule has 0 bridgehead atoms. The maximum Gasteiger partial charge on any atom is 0.416 e. The molecule has 1 aromatic carbocycles. The molecule has 162 valence electrons. The second-order valence-corrected chi connectivity index (χ2v) is 9.23. The number of hydrogen-bond acceptors (Lipinski definition) is 4. The molecule has 0 radical (unpaired) electrons. The number of benzene rings is 1. The maximum absolute atomic E-state index is 13.7. The van der Waals surface area contributed by atoms with Crippen molar-refractivity contribution < 1.29 is 22.7 Å². The largest absolute Gasteiger partial charge is 0.459 e. The molecule has 1 heterocycles. The highest BCUT2D eigenvalue weighted by molar-refractivity contribution is 5.84. The van der Waals surface area contributed by atoms with Gasteiger partial charge in [-0.25, -0.2) is 0 Å². The fourth-order valence-electron chi connectivity index (χ4n) is 4.32. The zero-order chi connectivity index (χ0) is 21.3. The average molecular weight is 412 g/mol. The van der Waals surface area contributed by atoms with Crippen LogP contribution in [0.1, 0.15) is 63.1 Å². The Morgan fingerprint density at radius 2 is 1.72 bits per heavy atom. The van der Waals surface area contributed by atoms with Crippen LogP contribution in [-0.4, -0.2) is 42.6 Å². The predicted octanol–water partition coefficient (Wildman–Crippen LogP) is 4.26. The second-order valence-electron chi connectivity index (χ2n) is 9.23. The van der Waals surface area contributed by atoms with E-state index in [-0.39, 0.29) is 0 Å². The van der Waals surface area contributed by atoms with Gasteiger partial charge in [-0.2, -0.15) is 13.2 Å². The summed E-state index contributed by atoms with van der Waals surface area (Å²) in [5, 5.41) is 3.25. The Morgan fingerprint density at radius 1 is 1.10 bits per heavy atom. The fraction of sp³-hybridized carbons (Fsp3) is 0.682. The van der Waals surface area contributed by atoms with E-state index in [1.54, 1.807) is 26.8 Å². The standard InChI is InChI=1S/C22H31F3N2O2/c1-20(2,3)29-19(28)21(6-4-5-7-21)17-12-16(13-18(14-17)22(23,24)25)15-27-10-8-26-9-11-27/h12-14,26H,4-11,15H2,1-3H3. The number of carbonyl (C=O) groups is 1. The molecule has 0 aromatic heterocycles. The molecule has 29 heavy (non-hydrogen) atoms. The number of alkyl halides is 3. The Kier molecular flexibility index (Phi) is 6.30. The van der Waals surface area contributed by atoms with Crippen LogP contribution in [0.15, 0.2) is 18.2 Å². The lowest BCUT2D eigenvalue weighted by Gasteiger charge is -2.33. The highest BCUT2D eigenvalue weighted by atomic mass is 19.4. The van der Waals surface area contributed by atoms with Crippen LogP contribution in [0, 0.1) is 0 Å². The van der Waals surface area contributed by atoms with Crippen LogP contribution >= 0.6 is 0 Å². The Labute approximate surface area is 170 Å². The molecule has 3 rings (SSSR count). The lowest BCUT2D eigenvalue weighted by atomic mass is 9.77. The van der Waals surface area contributed by atoms with Crippen LogP contribution in [-0.2, 0) is 27.7 Å². The SMILES string of the molecule is CC(C)(C)OC(=O)C1(c2cc(CN3CCNCC3)cc(C(F)(F)F)c2)CCCC1. The van der Waals surface area contributed by atoms with Gasteiger partial charge in [-0.05, 0) is 56.9 Å². The van der Waals surface area contributed by atoms with Gasteiger partial charge < -0.3 is 10.1 Å². The number of hydrogen-bond donors (Lipinski definition) is 1. The number of nitrogens with zero attached hydrogens (tertiary/aromatic N) is 1. The first kappa shape index (κ1) is 22.1. The zero-order valence-electron chi connectivity index (χ0n) is 17.5. The first-order chi connectivity index (χ1) is 13.5. The number of ether oxygens (including phenoxy) is 1. The summed E-state index contributed by atoms with van der Waals surface area (Å²) in [5.41, 5.74) is -1.31. The minimum absolute atomic E-state index is 0.407. The Bertz CT molecular complexity index is 729. The highest BCUT2D eigenvalue weighted by Crippen LogP contribution is 2.45. The number of carbonyl (C=O) groups excluding carboxylic acids is 1. The van der Waals surface area contributed by atoms with Crippen LogP contribution in [0.3, 0.4) is 0 Å². The van der Waals surface area contributed by atoms with Crippen molar-refractivity contribution in [2.45, 2.75) is 70.2 Å². The number of piperazine rings is 1. The van der Waals surface area contributed by atoms with Crippen molar-refractivity contribution in [1.82, 2.24) is 10.2 Å². The molecule has 1 aliphatic heterocycles. The lowest BCUT2D eigenvalue weighted by Crippen LogP contribution is -2.43. The number of nitrogens with one attached hydrogen (secondary N) is 1. The van der Waals surface area contributed by atoms with E-state index in [2.05, 4.69) is 10.2 Å². The fourth-order valence-corrected chi connectivity index (χ4v) is 4.32. The molecular formula is C22H31F3N2O2. The van der Waals surface area contributed by atoms with Gasteiger partial charge >= 0.3 is 12.1 Å². The van der Waals surface area contributed by atoms with Crippen molar-refractivity contribution in [3.05, 3.63) is 34.9 Å². The van der Waals surface area contributed by atoms with Gasteiger partial charge in [-0.1, -0.05) is 18.9 Å². The third-order valence-corrected chi connectivity index (χ3v) is 5.74. The first-order valence-corrected chi connectivity index (χ1v) is 10.4. The minimum Gasteiger partial charge on any atom is -0.459 e. The molecule has 1 saturated carbocycles. The lowest BCUT2D eigenvalue weighted by molar-refractivity contribution is -0.162. The van der Waals surface area contributed by atoms with Gasteiger partial charge in [0, 0.05) is 32.7 Å². The van der Waals surface area contributed by atoms with Gasteiger partial charge in [0.2, 0.25) is 0 Å². The molecule has 2 aliphatic rings. The van der Waals surface area contributed by atoms with E-state index in [4.69, 9.17) is 4.74 Å². The van der Waals surface area contributed by atoms with Crippen LogP contribution in [0.4, 0.5) is 13.2 Å². The van der Waals surface area contributed by atoms with E-state index in [1.165, 1.54) is 6.07 Å². The quantitative estimate of drug-likeness (QED) is 0.751. The van der Waals surface area contributed by atoms with Crippen molar-refractivity contribution in [1.29, 1.82) is 0 Å². The summed E-state index contributed by atoms with van der Waals surface area (Å²) in [5.74, 6) is -0.407. The van der Waals surface area contributed by atoms with E-state index in [9.17, 15) is 18.0 Å². The summed E-state index contributed by atoms with van der Waals surface area (Å²) >= 11 is 0. The highest BCUT2D eigenvalue weighted by Gasteiger charge is 2.46. The minimum atomic E-state index is -4.46. The Balaban J connectivity index is 2.00. The van der Waals surface area contributed by atoms with Gasteiger partial charge in [0.1, 0.15) is 5.60 Å². The average Bonchev–Trinajstić information content (AvgIpc) is 3.11. The maximum atomic E-state index is 13.7. The van der Waals surface area contributed by atoms with E-state index >= 15 is 0 Å². The number of esters is 1. The molecule has 1 saturated heterocycles. The molecular weight excluding hydrogens is 381 g/mol. The molecule has 2 fully saturated rings. The van der Waals surface area contributed by atoms with Crippen LogP contribution in [0.25, 0.3) is 0 Å². The molecule has 7 heteroatoms. The van der Waals surface area contributed by atoms with Crippen LogP contribution < -0.4 is 5.32 Å². The molecule has 1 N–H and O–H groups in total. The predicted molar refractivity (Wildman–Crippen MR) is 106 cm³/mol. The molecule has 0 amide bonds. The summed E-state index contributed by atoms with van der Waals surface area (Å²) in [6, 6.07) is 4.19. The van der Waals surface area contributed by atoms with Gasteiger partial charge in [0.15, 0.2) is 0 Å². The Hall–Kier alpha value is -1.60. The van der Waals surface area contributed by atoms with Gasteiger partial charge in [0.25, 0.3) is 0 Å². The van der Waals surface area contributed by atoms with Crippen molar-refractivity contribution in [2.75, 3.05) is 26.2 Å². The van der Waals surface area contributed by atoms with E-state index in [0.29, 0.717) is 30.5 Å². The van der Waals surface area contributed by atoms with Crippen molar-refractivity contribution >= 4 is 5.97 Å². The van der Waals surface area contributed by atoms with Crippen LogP contribution in [0.2, 0.25) is 0 Å². The number of halogens is 3. The Morgan fingerprint density at radius 3 is 2.28 bits per heavy atom. The first-order valence-electron chi connectivity index (χ1n) is 10.4. The van der Waals surface area contributed by atoms with E-state index in [1.807, 2.05) is 0 Å². The van der Waals surface area contributed by atoms with E-state index < -0.39 is 28.7 Å². The molecule has 0 atom stereocenters.